The Kier molecular flexibility index (Phi) is 4.68. The van der Waals surface area contributed by atoms with Gasteiger partial charge < -0.3 is 4.74 Å². The first kappa shape index (κ1) is 15.2. The normalized spacial score (nSPS) is 12.4. The van der Waals surface area contributed by atoms with Crippen molar-refractivity contribution in [2.24, 2.45) is 5.10 Å². The molecule has 4 nitrogen and oxygen atoms in total. The van der Waals surface area contributed by atoms with E-state index in [1.807, 2.05) is 60.0 Å². The van der Waals surface area contributed by atoms with Gasteiger partial charge in [0.15, 0.2) is 6.10 Å². The standard InChI is InChI=1S/C18H16N2O2S/c1-13(18(21)20-19-12-17-7-4-10-23-17)22-16-9-8-14-5-2-3-6-15(14)11-16/h2-13H,1H3,(H,20,21)/b19-12-/t13-/m1/s1. The van der Waals surface area contributed by atoms with Crippen LogP contribution in [0.4, 0.5) is 0 Å². The molecule has 2 aromatic carbocycles. The molecule has 0 saturated heterocycles. The highest BCUT2D eigenvalue weighted by atomic mass is 32.1. The van der Waals surface area contributed by atoms with Crippen LogP contribution in [0.3, 0.4) is 0 Å². The number of amides is 1. The lowest BCUT2D eigenvalue weighted by molar-refractivity contribution is -0.127. The summed E-state index contributed by atoms with van der Waals surface area (Å²) in [5.74, 6) is 0.375. The summed E-state index contributed by atoms with van der Waals surface area (Å²) in [5, 5.41) is 8.10. The number of carbonyl (C=O) groups is 1. The molecule has 0 saturated carbocycles. The molecule has 0 spiro atoms. The lowest BCUT2D eigenvalue weighted by Crippen LogP contribution is -2.33. The number of thiophene rings is 1. The first-order valence-electron chi connectivity index (χ1n) is 7.24. The molecule has 5 heteroatoms. The van der Waals surface area contributed by atoms with Gasteiger partial charge in [-0.25, -0.2) is 5.43 Å². The van der Waals surface area contributed by atoms with Gasteiger partial charge in [0.1, 0.15) is 5.75 Å². The van der Waals surface area contributed by atoms with Crippen molar-refractivity contribution < 1.29 is 9.53 Å². The van der Waals surface area contributed by atoms with E-state index in [2.05, 4.69) is 10.5 Å². The van der Waals surface area contributed by atoms with E-state index >= 15 is 0 Å². The van der Waals surface area contributed by atoms with E-state index < -0.39 is 6.10 Å². The third-order valence-corrected chi connectivity index (χ3v) is 4.12. The van der Waals surface area contributed by atoms with Gasteiger partial charge in [-0.3, -0.25) is 4.79 Å². The number of carbonyl (C=O) groups excluding carboxylic acids is 1. The van der Waals surface area contributed by atoms with Gasteiger partial charge in [-0.15, -0.1) is 11.3 Å². The molecule has 3 rings (SSSR count). The van der Waals surface area contributed by atoms with Crippen LogP contribution in [0.1, 0.15) is 11.8 Å². The zero-order valence-electron chi connectivity index (χ0n) is 12.6. The van der Waals surface area contributed by atoms with Crippen LogP contribution < -0.4 is 10.2 Å². The number of hydrazone groups is 1. The molecule has 1 aromatic heterocycles. The smallest absolute Gasteiger partial charge is 0.280 e. The summed E-state index contributed by atoms with van der Waals surface area (Å²) in [6.45, 7) is 1.70. The van der Waals surface area contributed by atoms with Crippen LogP contribution in [-0.4, -0.2) is 18.2 Å². The number of hydrogen-bond acceptors (Lipinski definition) is 4. The fourth-order valence-electron chi connectivity index (χ4n) is 2.11. The number of ether oxygens (including phenoxy) is 1. The minimum absolute atomic E-state index is 0.286. The maximum absolute atomic E-state index is 12.0. The Balaban J connectivity index is 1.60. The number of nitrogens with one attached hydrogen (secondary N) is 1. The topological polar surface area (TPSA) is 50.7 Å². The maximum atomic E-state index is 12.0. The van der Waals surface area contributed by atoms with Gasteiger partial charge in [0.25, 0.3) is 5.91 Å². The van der Waals surface area contributed by atoms with E-state index in [4.69, 9.17) is 4.74 Å². The molecule has 0 bridgehead atoms. The monoisotopic (exact) mass is 324 g/mol. The van der Waals surface area contributed by atoms with E-state index in [-0.39, 0.29) is 5.91 Å². The molecule has 3 aromatic rings. The van der Waals surface area contributed by atoms with E-state index in [0.29, 0.717) is 5.75 Å². The van der Waals surface area contributed by atoms with Crippen molar-refractivity contribution in [3.63, 3.8) is 0 Å². The minimum atomic E-state index is -0.628. The first-order chi connectivity index (χ1) is 11.2. The second-order valence-corrected chi connectivity index (χ2v) is 6.00. The SMILES string of the molecule is C[C@@H](Oc1ccc2ccccc2c1)C(=O)N/N=C\c1cccs1. The van der Waals surface area contributed by atoms with Gasteiger partial charge in [-0.2, -0.15) is 5.10 Å². The van der Waals surface area contributed by atoms with Crippen molar-refractivity contribution in [2.75, 3.05) is 0 Å². The molecule has 0 unspecified atom stereocenters. The van der Waals surface area contributed by atoms with Crippen LogP contribution in [-0.2, 0) is 4.79 Å². The summed E-state index contributed by atoms with van der Waals surface area (Å²) in [5.41, 5.74) is 2.49. The molecule has 1 amide bonds. The Morgan fingerprint density at radius 1 is 1.17 bits per heavy atom. The third kappa shape index (κ3) is 3.96. The number of nitrogens with zero attached hydrogens (tertiary/aromatic N) is 1. The second-order valence-electron chi connectivity index (χ2n) is 5.02. The lowest BCUT2D eigenvalue weighted by Gasteiger charge is -2.13. The van der Waals surface area contributed by atoms with E-state index in [9.17, 15) is 4.79 Å². The molecular formula is C18H16N2O2S. The average Bonchev–Trinajstić information content (AvgIpc) is 3.08. The zero-order chi connectivity index (χ0) is 16.1. The molecule has 0 radical (unpaired) electrons. The number of rotatable bonds is 5. The molecule has 0 fully saturated rings. The Morgan fingerprint density at radius 2 is 2.00 bits per heavy atom. The van der Waals surface area contributed by atoms with Crippen molar-refractivity contribution >= 4 is 34.2 Å². The Hall–Kier alpha value is -2.66. The van der Waals surface area contributed by atoms with Crippen molar-refractivity contribution in [2.45, 2.75) is 13.0 Å². The van der Waals surface area contributed by atoms with Crippen molar-refractivity contribution in [1.82, 2.24) is 5.43 Å². The molecule has 116 valence electrons. The highest BCUT2D eigenvalue weighted by Crippen LogP contribution is 2.21. The molecular weight excluding hydrogens is 308 g/mol. The van der Waals surface area contributed by atoms with Crippen LogP contribution >= 0.6 is 11.3 Å². The quantitative estimate of drug-likeness (QED) is 0.573. The molecule has 1 N–H and O–H groups in total. The zero-order valence-corrected chi connectivity index (χ0v) is 13.4. The Bertz CT molecular complexity index is 828. The van der Waals surface area contributed by atoms with Crippen molar-refractivity contribution in [3.8, 4) is 5.75 Å². The Morgan fingerprint density at radius 3 is 2.78 bits per heavy atom. The maximum Gasteiger partial charge on any atom is 0.280 e. The molecule has 1 heterocycles. The number of hydrogen-bond donors (Lipinski definition) is 1. The largest absolute Gasteiger partial charge is 0.481 e. The number of benzene rings is 2. The van der Waals surface area contributed by atoms with Crippen LogP contribution in [0.25, 0.3) is 10.8 Å². The average molecular weight is 324 g/mol. The van der Waals surface area contributed by atoms with E-state index in [1.165, 1.54) is 0 Å². The summed E-state index contributed by atoms with van der Waals surface area (Å²) >= 11 is 1.55. The summed E-state index contributed by atoms with van der Waals surface area (Å²) in [7, 11) is 0. The predicted molar refractivity (Wildman–Crippen MR) is 94.1 cm³/mol. The third-order valence-electron chi connectivity index (χ3n) is 3.31. The van der Waals surface area contributed by atoms with Crippen molar-refractivity contribution in [3.05, 3.63) is 64.9 Å². The second kappa shape index (κ2) is 7.07. The van der Waals surface area contributed by atoms with Gasteiger partial charge in [0.2, 0.25) is 0 Å². The highest BCUT2D eigenvalue weighted by molar-refractivity contribution is 7.11. The molecule has 0 aliphatic heterocycles. The van der Waals surface area contributed by atoms with Gasteiger partial charge in [0.05, 0.1) is 6.21 Å². The fourth-order valence-corrected chi connectivity index (χ4v) is 2.70. The van der Waals surface area contributed by atoms with Gasteiger partial charge in [-0.1, -0.05) is 36.4 Å². The van der Waals surface area contributed by atoms with Crippen LogP contribution in [0.2, 0.25) is 0 Å². The lowest BCUT2D eigenvalue weighted by atomic mass is 10.1. The minimum Gasteiger partial charge on any atom is -0.481 e. The van der Waals surface area contributed by atoms with Crippen LogP contribution in [0.5, 0.6) is 5.75 Å². The first-order valence-corrected chi connectivity index (χ1v) is 8.12. The van der Waals surface area contributed by atoms with Gasteiger partial charge in [0, 0.05) is 4.88 Å². The van der Waals surface area contributed by atoms with E-state index in [1.54, 1.807) is 24.5 Å². The molecule has 0 aliphatic carbocycles. The Labute approximate surface area is 138 Å². The highest BCUT2D eigenvalue weighted by Gasteiger charge is 2.14. The van der Waals surface area contributed by atoms with Gasteiger partial charge in [-0.05, 0) is 41.3 Å². The molecule has 1 atom stereocenters. The number of fused-ring (bicyclic) bond motifs is 1. The van der Waals surface area contributed by atoms with Crippen LogP contribution in [0, 0.1) is 0 Å². The van der Waals surface area contributed by atoms with Crippen LogP contribution in [0.15, 0.2) is 65.1 Å². The molecule has 23 heavy (non-hydrogen) atoms. The van der Waals surface area contributed by atoms with E-state index in [0.717, 1.165) is 15.6 Å². The van der Waals surface area contributed by atoms with Gasteiger partial charge >= 0.3 is 0 Å². The summed E-state index contributed by atoms with van der Waals surface area (Å²) in [4.78, 5) is 13.0. The summed E-state index contributed by atoms with van der Waals surface area (Å²) < 4.78 is 5.69. The summed E-state index contributed by atoms with van der Waals surface area (Å²) in [6, 6.07) is 17.6. The predicted octanol–water partition coefficient (Wildman–Crippen LogP) is 3.82. The fraction of sp³-hybridized carbons (Fsp3) is 0.111. The van der Waals surface area contributed by atoms with Crippen molar-refractivity contribution in [1.29, 1.82) is 0 Å². The summed E-state index contributed by atoms with van der Waals surface area (Å²) in [6.07, 6.45) is 0.988. The molecule has 0 aliphatic rings.